The molecule has 126 valence electrons. The normalized spacial score (nSPS) is 14.5. The molecular weight excluding hydrogens is 326 g/mol. The first kappa shape index (κ1) is 16.7. The van der Waals surface area contributed by atoms with Crippen molar-refractivity contribution in [2.45, 2.75) is 12.8 Å². The largest absolute Gasteiger partial charge is 0.461 e. The minimum absolute atomic E-state index is 0.362. The standard InChI is InChI=1S/C18H20ClN3O2/c19-14-5-7-15(8-6-14)21-17-16(4-3-9-20-17)18(23)24-13-12-22-10-1-2-11-22/h3-9H,1-2,10-13H2,(H,20,21). The fourth-order valence-electron chi connectivity index (χ4n) is 2.69. The number of halogens is 1. The van der Waals surface area contributed by atoms with Gasteiger partial charge in [-0.3, -0.25) is 4.90 Å². The number of nitrogens with one attached hydrogen (secondary N) is 1. The molecule has 0 radical (unpaired) electrons. The number of ether oxygens (including phenoxy) is 1. The molecule has 0 unspecified atom stereocenters. The maximum absolute atomic E-state index is 12.3. The maximum atomic E-state index is 12.3. The summed E-state index contributed by atoms with van der Waals surface area (Å²) in [4.78, 5) is 18.9. The van der Waals surface area contributed by atoms with Crippen molar-refractivity contribution in [2.75, 3.05) is 31.6 Å². The third-order valence-corrected chi connectivity index (χ3v) is 4.23. The highest BCUT2D eigenvalue weighted by Gasteiger charge is 2.16. The Labute approximate surface area is 146 Å². The van der Waals surface area contributed by atoms with Crippen LogP contribution in [-0.4, -0.2) is 42.1 Å². The zero-order valence-electron chi connectivity index (χ0n) is 13.4. The SMILES string of the molecule is O=C(OCCN1CCCC1)c1cccnc1Nc1ccc(Cl)cc1. The average Bonchev–Trinajstić information content (AvgIpc) is 3.11. The highest BCUT2D eigenvalue weighted by atomic mass is 35.5. The Bertz CT molecular complexity index is 685. The van der Waals surface area contributed by atoms with Crippen LogP contribution in [0.25, 0.3) is 0 Å². The van der Waals surface area contributed by atoms with Gasteiger partial charge in [0.2, 0.25) is 0 Å². The van der Waals surface area contributed by atoms with Gasteiger partial charge in [-0.25, -0.2) is 9.78 Å². The van der Waals surface area contributed by atoms with E-state index in [1.165, 1.54) is 12.8 Å². The quantitative estimate of drug-likeness (QED) is 0.808. The lowest BCUT2D eigenvalue weighted by Crippen LogP contribution is -2.25. The molecule has 0 bridgehead atoms. The summed E-state index contributed by atoms with van der Waals surface area (Å²) < 4.78 is 5.41. The molecule has 1 aromatic carbocycles. The number of benzene rings is 1. The Kier molecular flexibility index (Phi) is 5.67. The molecule has 0 spiro atoms. The molecule has 0 saturated carbocycles. The molecule has 0 aliphatic carbocycles. The van der Waals surface area contributed by atoms with Gasteiger partial charge in [-0.15, -0.1) is 0 Å². The molecule has 1 saturated heterocycles. The molecule has 1 fully saturated rings. The van der Waals surface area contributed by atoms with Gasteiger partial charge in [-0.1, -0.05) is 11.6 Å². The molecule has 2 heterocycles. The van der Waals surface area contributed by atoms with Gasteiger partial charge >= 0.3 is 5.97 Å². The molecule has 1 aliphatic rings. The Hall–Kier alpha value is -2.11. The van der Waals surface area contributed by atoms with Crippen LogP contribution < -0.4 is 5.32 Å². The zero-order valence-corrected chi connectivity index (χ0v) is 14.1. The van der Waals surface area contributed by atoms with E-state index in [2.05, 4.69) is 15.2 Å². The lowest BCUT2D eigenvalue weighted by molar-refractivity contribution is 0.0473. The second kappa shape index (κ2) is 8.13. The second-order valence-corrected chi connectivity index (χ2v) is 6.15. The highest BCUT2D eigenvalue weighted by molar-refractivity contribution is 6.30. The zero-order chi connectivity index (χ0) is 16.8. The molecule has 1 N–H and O–H groups in total. The summed E-state index contributed by atoms with van der Waals surface area (Å²) in [6.45, 7) is 3.36. The molecule has 0 atom stereocenters. The van der Waals surface area contributed by atoms with E-state index in [9.17, 15) is 4.79 Å². The fraction of sp³-hybridized carbons (Fsp3) is 0.333. The smallest absolute Gasteiger partial charge is 0.341 e. The predicted octanol–water partition coefficient (Wildman–Crippen LogP) is 3.73. The van der Waals surface area contributed by atoms with Crippen LogP contribution in [0.1, 0.15) is 23.2 Å². The number of rotatable bonds is 6. The summed E-state index contributed by atoms with van der Waals surface area (Å²) >= 11 is 5.89. The van der Waals surface area contributed by atoms with E-state index in [0.717, 1.165) is 25.3 Å². The predicted molar refractivity (Wildman–Crippen MR) is 94.9 cm³/mol. The fourth-order valence-corrected chi connectivity index (χ4v) is 2.82. The van der Waals surface area contributed by atoms with Crippen molar-refractivity contribution in [1.82, 2.24) is 9.88 Å². The van der Waals surface area contributed by atoms with Crippen molar-refractivity contribution in [1.29, 1.82) is 0 Å². The number of nitrogens with zero attached hydrogens (tertiary/aromatic N) is 2. The second-order valence-electron chi connectivity index (χ2n) is 5.72. The van der Waals surface area contributed by atoms with Crippen LogP contribution in [0, 0.1) is 0 Å². The van der Waals surface area contributed by atoms with Gasteiger partial charge in [0.15, 0.2) is 0 Å². The van der Waals surface area contributed by atoms with Gasteiger partial charge in [-0.2, -0.15) is 0 Å². The molecule has 0 amide bonds. The van der Waals surface area contributed by atoms with Crippen LogP contribution in [0.3, 0.4) is 0 Å². The van der Waals surface area contributed by atoms with Crippen molar-refractivity contribution in [3.63, 3.8) is 0 Å². The van der Waals surface area contributed by atoms with E-state index in [1.807, 2.05) is 12.1 Å². The summed E-state index contributed by atoms with van der Waals surface area (Å²) in [6.07, 6.45) is 4.09. The van der Waals surface area contributed by atoms with Crippen LogP contribution in [-0.2, 0) is 4.74 Å². The van der Waals surface area contributed by atoms with E-state index in [-0.39, 0.29) is 5.97 Å². The Morgan fingerprint density at radius 2 is 1.96 bits per heavy atom. The third kappa shape index (κ3) is 4.46. The van der Waals surface area contributed by atoms with Gasteiger partial charge in [0.1, 0.15) is 18.0 Å². The first-order valence-electron chi connectivity index (χ1n) is 8.09. The number of anilines is 2. The van der Waals surface area contributed by atoms with Crippen molar-refractivity contribution >= 4 is 29.1 Å². The topological polar surface area (TPSA) is 54.5 Å². The van der Waals surface area contributed by atoms with Crippen LogP contribution >= 0.6 is 11.6 Å². The van der Waals surface area contributed by atoms with Gasteiger partial charge in [0.05, 0.1) is 0 Å². The summed E-state index contributed by atoms with van der Waals surface area (Å²) in [5.74, 6) is 0.116. The van der Waals surface area contributed by atoms with Crippen LogP contribution in [0.5, 0.6) is 0 Å². The van der Waals surface area contributed by atoms with Gasteiger partial charge in [0.25, 0.3) is 0 Å². The molecular formula is C18H20ClN3O2. The van der Waals surface area contributed by atoms with E-state index in [4.69, 9.17) is 16.3 Å². The van der Waals surface area contributed by atoms with Gasteiger partial charge in [0, 0.05) is 23.5 Å². The lowest BCUT2D eigenvalue weighted by Gasteiger charge is -2.15. The number of aromatic nitrogens is 1. The van der Waals surface area contributed by atoms with E-state index < -0.39 is 0 Å². The van der Waals surface area contributed by atoms with Crippen LogP contribution in [0.4, 0.5) is 11.5 Å². The molecule has 1 aromatic heterocycles. The summed E-state index contributed by atoms with van der Waals surface area (Å²) in [7, 11) is 0. The van der Waals surface area contributed by atoms with E-state index in [1.54, 1.807) is 30.5 Å². The lowest BCUT2D eigenvalue weighted by atomic mass is 10.2. The van der Waals surface area contributed by atoms with E-state index >= 15 is 0 Å². The van der Waals surface area contributed by atoms with Gasteiger partial charge < -0.3 is 10.1 Å². The van der Waals surface area contributed by atoms with Gasteiger partial charge in [-0.05, 0) is 62.3 Å². The van der Waals surface area contributed by atoms with Crippen molar-refractivity contribution < 1.29 is 9.53 Å². The van der Waals surface area contributed by atoms with Crippen LogP contribution in [0.2, 0.25) is 5.02 Å². The monoisotopic (exact) mass is 345 g/mol. The number of hydrogen-bond donors (Lipinski definition) is 1. The minimum Gasteiger partial charge on any atom is -0.461 e. The number of carbonyl (C=O) groups excluding carboxylic acids is 1. The van der Waals surface area contributed by atoms with Crippen molar-refractivity contribution in [2.24, 2.45) is 0 Å². The Morgan fingerprint density at radius 3 is 2.71 bits per heavy atom. The molecule has 24 heavy (non-hydrogen) atoms. The average molecular weight is 346 g/mol. The number of hydrogen-bond acceptors (Lipinski definition) is 5. The molecule has 5 nitrogen and oxygen atoms in total. The molecule has 2 aromatic rings. The summed E-state index contributed by atoms with van der Waals surface area (Å²) in [5.41, 5.74) is 1.23. The molecule has 1 aliphatic heterocycles. The Morgan fingerprint density at radius 1 is 1.21 bits per heavy atom. The number of likely N-dealkylation sites (tertiary alicyclic amines) is 1. The number of pyridine rings is 1. The number of carbonyl (C=O) groups is 1. The van der Waals surface area contributed by atoms with Crippen molar-refractivity contribution in [3.8, 4) is 0 Å². The molecule has 6 heteroatoms. The first-order chi connectivity index (χ1) is 11.7. The van der Waals surface area contributed by atoms with Crippen molar-refractivity contribution in [3.05, 3.63) is 53.2 Å². The third-order valence-electron chi connectivity index (χ3n) is 3.97. The van der Waals surface area contributed by atoms with Crippen LogP contribution in [0.15, 0.2) is 42.6 Å². The summed E-state index contributed by atoms with van der Waals surface area (Å²) in [6, 6.07) is 10.7. The highest BCUT2D eigenvalue weighted by Crippen LogP contribution is 2.21. The number of esters is 1. The minimum atomic E-state index is -0.362. The first-order valence-corrected chi connectivity index (χ1v) is 8.47. The van der Waals surface area contributed by atoms with E-state index in [0.29, 0.717) is 23.0 Å². The Balaban J connectivity index is 1.62. The molecule has 3 rings (SSSR count). The summed E-state index contributed by atoms with van der Waals surface area (Å²) in [5, 5.41) is 3.79. The maximum Gasteiger partial charge on any atom is 0.341 e.